The summed E-state index contributed by atoms with van der Waals surface area (Å²) in [5.74, 6) is 1.58. The lowest BCUT2D eigenvalue weighted by Crippen LogP contribution is -2.29. The molecule has 4 aromatic rings. The van der Waals surface area contributed by atoms with Crippen molar-refractivity contribution in [2.45, 2.75) is 19.0 Å². The molecular formula is C29H27ClN4O4S. The number of furan rings is 1. The number of pyridine rings is 1. The quantitative estimate of drug-likeness (QED) is 0.250. The van der Waals surface area contributed by atoms with E-state index in [0.29, 0.717) is 33.1 Å². The molecule has 5 rings (SSSR count). The number of halogens is 1. The molecule has 1 aliphatic heterocycles. The van der Waals surface area contributed by atoms with E-state index in [-0.39, 0.29) is 24.6 Å². The van der Waals surface area contributed by atoms with E-state index in [1.807, 2.05) is 72.5 Å². The molecule has 0 radical (unpaired) electrons. The van der Waals surface area contributed by atoms with E-state index < -0.39 is 0 Å². The fourth-order valence-corrected chi connectivity index (χ4v) is 5.12. The summed E-state index contributed by atoms with van der Waals surface area (Å²) in [6, 6.07) is 20.3. The number of methoxy groups -OCH3 is 2. The standard InChI is InChI=1S/C29H27ClN4O4S/c1-17-7-8-18(14-20(17)30)23-11-12-25(38-23)28-27(21-6-4-5-13-31-21)33-29(39)34(28)19-9-10-24(37-3)22(15-19)32-26(35)16-36-2/h4-15,27-28H,16H2,1-3H3,(H,32,35)(H,33,39)/t27-,28-/m0/s1. The van der Waals surface area contributed by atoms with Gasteiger partial charge in [-0.2, -0.15) is 0 Å². The van der Waals surface area contributed by atoms with Crippen molar-refractivity contribution in [1.82, 2.24) is 10.3 Å². The van der Waals surface area contributed by atoms with Crippen LogP contribution in [-0.2, 0) is 9.53 Å². The largest absolute Gasteiger partial charge is 0.495 e. The summed E-state index contributed by atoms with van der Waals surface area (Å²) in [5.41, 5.74) is 3.91. The van der Waals surface area contributed by atoms with Gasteiger partial charge in [-0.1, -0.05) is 29.8 Å². The molecule has 1 saturated heterocycles. The molecule has 0 bridgehead atoms. The molecular weight excluding hydrogens is 536 g/mol. The van der Waals surface area contributed by atoms with Gasteiger partial charge in [-0.3, -0.25) is 9.78 Å². The maximum atomic E-state index is 12.3. The third-order valence-electron chi connectivity index (χ3n) is 6.48. The first-order valence-corrected chi connectivity index (χ1v) is 13.0. The number of hydrogen-bond acceptors (Lipinski definition) is 6. The number of benzene rings is 2. The average molecular weight is 563 g/mol. The first kappa shape index (κ1) is 26.7. The predicted molar refractivity (Wildman–Crippen MR) is 155 cm³/mol. The first-order valence-electron chi connectivity index (χ1n) is 12.2. The van der Waals surface area contributed by atoms with Gasteiger partial charge in [-0.25, -0.2) is 0 Å². The van der Waals surface area contributed by atoms with Crippen molar-refractivity contribution >= 4 is 46.2 Å². The summed E-state index contributed by atoms with van der Waals surface area (Å²) in [6.45, 7) is 1.88. The maximum absolute atomic E-state index is 12.3. The van der Waals surface area contributed by atoms with Crippen molar-refractivity contribution in [1.29, 1.82) is 0 Å². The molecule has 0 unspecified atom stereocenters. The minimum absolute atomic E-state index is 0.0837. The second-order valence-corrected chi connectivity index (χ2v) is 9.82. The van der Waals surface area contributed by atoms with Gasteiger partial charge in [-0.15, -0.1) is 0 Å². The molecule has 0 aliphatic carbocycles. The number of carbonyl (C=O) groups is 1. The molecule has 1 aliphatic rings. The highest BCUT2D eigenvalue weighted by Gasteiger charge is 2.42. The second-order valence-electron chi connectivity index (χ2n) is 9.03. The number of rotatable bonds is 8. The van der Waals surface area contributed by atoms with Crippen molar-refractivity contribution in [3.8, 4) is 17.1 Å². The van der Waals surface area contributed by atoms with E-state index in [1.54, 1.807) is 19.4 Å². The Bertz CT molecular complexity index is 1510. The van der Waals surface area contributed by atoms with Crippen molar-refractivity contribution in [3.05, 3.63) is 95.0 Å². The van der Waals surface area contributed by atoms with Crippen LogP contribution in [0.15, 0.2) is 77.3 Å². The Morgan fingerprint density at radius 2 is 2.00 bits per heavy atom. The molecule has 0 saturated carbocycles. The smallest absolute Gasteiger partial charge is 0.250 e. The molecule has 3 heterocycles. The van der Waals surface area contributed by atoms with E-state index >= 15 is 0 Å². The molecule has 8 nitrogen and oxygen atoms in total. The van der Waals surface area contributed by atoms with Gasteiger partial charge in [0.1, 0.15) is 29.9 Å². The molecule has 39 heavy (non-hydrogen) atoms. The molecule has 2 aromatic heterocycles. The number of aromatic nitrogens is 1. The van der Waals surface area contributed by atoms with Crippen LogP contribution in [-0.4, -0.2) is 36.8 Å². The molecule has 1 fully saturated rings. The van der Waals surface area contributed by atoms with Gasteiger partial charge in [0.25, 0.3) is 0 Å². The number of nitrogens with zero attached hydrogens (tertiary/aromatic N) is 2. The minimum atomic E-state index is -0.377. The van der Waals surface area contributed by atoms with Gasteiger partial charge < -0.3 is 29.4 Å². The van der Waals surface area contributed by atoms with Crippen LogP contribution in [0.4, 0.5) is 11.4 Å². The summed E-state index contributed by atoms with van der Waals surface area (Å²) in [7, 11) is 3.01. The van der Waals surface area contributed by atoms with E-state index in [0.717, 1.165) is 22.5 Å². The zero-order chi connectivity index (χ0) is 27.5. The molecule has 200 valence electrons. The number of anilines is 2. The molecule has 10 heteroatoms. The lowest BCUT2D eigenvalue weighted by atomic mass is 10.0. The van der Waals surface area contributed by atoms with E-state index in [1.165, 1.54) is 7.11 Å². The lowest BCUT2D eigenvalue weighted by molar-refractivity contribution is -0.119. The molecule has 0 spiro atoms. The molecule has 2 N–H and O–H groups in total. The van der Waals surface area contributed by atoms with Gasteiger partial charge >= 0.3 is 0 Å². The highest BCUT2D eigenvalue weighted by Crippen LogP contribution is 2.44. The maximum Gasteiger partial charge on any atom is 0.250 e. The highest BCUT2D eigenvalue weighted by molar-refractivity contribution is 7.80. The molecule has 2 aromatic carbocycles. The SMILES string of the molecule is COCC(=O)Nc1cc(N2C(=S)N[C@@H](c3ccccn3)[C@@H]2c2ccc(-c3ccc(C)c(Cl)c3)o2)ccc1OC. The Labute approximate surface area is 236 Å². The average Bonchev–Trinajstić information content (AvgIpc) is 3.55. The zero-order valence-electron chi connectivity index (χ0n) is 21.6. The lowest BCUT2D eigenvalue weighted by Gasteiger charge is -2.27. The van der Waals surface area contributed by atoms with Crippen molar-refractivity contribution in [2.24, 2.45) is 0 Å². The van der Waals surface area contributed by atoms with E-state index in [4.69, 9.17) is 37.7 Å². The Hall–Kier alpha value is -3.92. The van der Waals surface area contributed by atoms with Crippen LogP contribution in [0.1, 0.15) is 29.1 Å². The summed E-state index contributed by atoms with van der Waals surface area (Å²) in [5, 5.41) is 7.43. The van der Waals surface area contributed by atoms with Gasteiger partial charge in [0.05, 0.1) is 24.5 Å². The van der Waals surface area contributed by atoms with E-state index in [9.17, 15) is 4.79 Å². The van der Waals surface area contributed by atoms with E-state index in [2.05, 4.69) is 15.6 Å². The van der Waals surface area contributed by atoms with Gasteiger partial charge in [0.2, 0.25) is 5.91 Å². The number of amides is 1. The van der Waals surface area contributed by atoms with Gasteiger partial charge in [-0.05, 0) is 73.2 Å². The van der Waals surface area contributed by atoms with Crippen molar-refractivity contribution < 1.29 is 18.7 Å². The Kier molecular flexibility index (Phi) is 7.83. The molecule has 1 amide bonds. The summed E-state index contributed by atoms with van der Waals surface area (Å²) in [4.78, 5) is 18.9. The minimum Gasteiger partial charge on any atom is -0.495 e. The number of nitrogens with one attached hydrogen (secondary N) is 2. The number of thiocarbonyl (C=S) groups is 1. The normalized spacial score (nSPS) is 16.7. The zero-order valence-corrected chi connectivity index (χ0v) is 23.2. The summed E-state index contributed by atoms with van der Waals surface area (Å²) < 4.78 is 16.9. The number of aryl methyl sites for hydroxylation is 1. The summed E-state index contributed by atoms with van der Waals surface area (Å²) in [6.07, 6.45) is 1.75. The van der Waals surface area contributed by atoms with Crippen molar-refractivity contribution in [2.75, 3.05) is 31.0 Å². The van der Waals surface area contributed by atoms with Gasteiger partial charge in [0, 0.05) is 29.6 Å². The third-order valence-corrected chi connectivity index (χ3v) is 7.21. The van der Waals surface area contributed by atoms with Crippen LogP contribution < -0.4 is 20.3 Å². The van der Waals surface area contributed by atoms with Crippen LogP contribution in [0.3, 0.4) is 0 Å². The van der Waals surface area contributed by atoms with Crippen LogP contribution in [0, 0.1) is 6.92 Å². The van der Waals surface area contributed by atoms with Crippen LogP contribution in [0.2, 0.25) is 5.02 Å². The van der Waals surface area contributed by atoms with Crippen LogP contribution in [0.5, 0.6) is 5.75 Å². The van der Waals surface area contributed by atoms with Crippen molar-refractivity contribution in [3.63, 3.8) is 0 Å². The van der Waals surface area contributed by atoms with Crippen LogP contribution >= 0.6 is 23.8 Å². The number of carbonyl (C=O) groups excluding carboxylic acids is 1. The first-order chi connectivity index (χ1) is 18.9. The Balaban J connectivity index is 1.58. The fourth-order valence-electron chi connectivity index (χ4n) is 4.60. The van der Waals surface area contributed by atoms with Crippen LogP contribution in [0.25, 0.3) is 11.3 Å². The predicted octanol–water partition coefficient (Wildman–Crippen LogP) is 6.07. The Morgan fingerprint density at radius 3 is 2.72 bits per heavy atom. The van der Waals surface area contributed by atoms with Gasteiger partial charge in [0.15, 0.2) is 5.11 Å². The number of ether oxygens (including phenoxy) is 2. The highest BCUT2D eigenvalue weighted by atomic mass is 35.5. The number of hydrogen-bond donors (Lipinski definition) is 2. The third kappa shape index (κ3) is 5.47. The second kappa shape index (κ2) is 11.4. The summed E-state index contributed by atoms with van der Waals surface area (Å²) >= 11 is 12.2. The topological polar surface area (TPSA) is 88.9 Å². The fraction of sp³-hybridized carbons (Fsp3) is 0.207. The Morgan fingerprint density at radius 1 is 1.15 bits per heavy atom. The monoisotopic (exact) mass is 562 g/mol. The molecule has 2 atom stereocenters.